The molecule has 0 aliphatic carbocycles. The lowest BCUT2D eigenvalue weighted by Gasteiger charge is -2.18. The SMILES string of the molecule is O=c1c2ccccc2nc(Nc2ccccc2)n1CCn1c(Nc2ccccc2)nc2ccccc2c1=O. The summed E-state index contributed by atoms with van der Waals surface area (Å²) in [5, 5.41) is 7.57. The highest BCUT2D eigenvalue weighted by Gasteiger charge is 2.15. The second-order valence-electron chi connectivity index (χ2n) is 8.80. The predicted molar refractivity (Wildman–Crippen MR) is 151 cm³/mol. The Labute approximate surface area is 217 Å². The Balaban J connectivity index is 1.44. The first-order chi connectivity index (χ1) is 18.7. The van der Waals surface area contributed by atoms with Crippen molar-refractivity contribution in [1.82, 2.24) is 19.1 Å². The molecule has 0 radical (unpaired) electrons. The highest BCUT2D eigenvalue weighted by atomic mass is 16.1. The van der Waals surface area contributed by atoms with Crippen LogP contribution in [0.3, 0.4) is 0 Å². The van der Waals surface area contributed by atoms with Gasteiger partial charge in [-0.05, 0) is 48.5 Å². The summed E-state index contributed by atoms with van der Waals surface area (Å²) in [6.07, 6.45) is 0. The monoisotopic (exact) mass is 500 g/mol. The van der Waals surface area contributed by atoms with Gasteiger partial charge >= 0.3 is 0 Å². The number of rotatable bonds is 7. The van der Waals surface area contributed by atoms with Crippen LogP contribution < -0.4 is 21.8 Å². The van der Waals surface area contributed by atoms with E-state index in [2.05, 4.69) is 10.6 Å². The Bertz CT molecular complexity index is 1730. The van der Waals surface area contributed by atoms with Crippen molar-refractivity contribution in [2.75, 3.05) is 10.6 Å². The molecule has 0 atom stereocenters. The van der Waals surface area contributed by atoms with E-state index in [1.165, 1.54) is 0 Å². The molecule has 0 amide bonds. The maximum atomic E-state index is 13.6. The van der Waals surface area contributed by atoms with E-state index in [1.807, 2.05) is 97.1 Å². The van der Waals surface area contributed by atoms with Gasteiger partial charge in [0.05, 0.1) is 21.8 Å². The zero-order valence-electron chi connectivity index (χ0n) is 20.4. The van der Waals surface area contributed by atoms with E-state index in [0.717, 1.165) is 11.4 Å². The molecule has 0 aliphatic heterocycles. The van der Waals surface area contributed by atoms with Crippen molar-refractivity contribution < 1.29 is 0 Å². The van der Waals surface area contributed by atoms with E-state index in [4.69, 9.17) is 9.97 Å². The minimum atomic E-state index is -0.187. The third-order valence-electron chi connectivity index (χ3n) is 6.33. The Hall–Kier alpha value is -5.24. The van der Waals surface area contributed by atoms with Crippen molar-refractivity contribution in [1.29, 1.82) is 0 Å². The van der Waals surface area contributed by atoms with Crippen molar-refractivity contribution in [3.8, 4) is 0 Å². The molecule has 0 saturated heterocycles. The number of aromatic nitrogens is 4. The third kappa shape index (κ3) is 4.51. The Morgan fingerprint density at radius 1 is 0.500 bits per heavy atom. The van der Waals surface area contributed by atoms with Crippen molar-refractivity contribution in [3.63, 3.8) is 0 Å². The molecule has 186 valence electrons. The van der Waals surface area contributed by atoms with E-state index in [-0.39, 0.29) is 24.2 Å². The van der Waals surface area contributed by atoms with Crippen molar-refractivity contribution >= 4 is 45.1 Å². The van der Waals surface area contributed by atoms with Gasteiger partial charge in [-0.2, -0.15) is 0 Å². The van der Waals surface area contributed by atoms with Crippen LogP contribution in [0.2, 0.25) is 0 Å². The molecular formula is C30H24N6O2. The van der Waals surface area contributed by atoms with Crippen LogP contribution in [0, 0.1) is 0 Å². The fourth-order valence-electron chi connectivity index (χ4n) is 4.44. The minimum absolute atomic E-state index is 0.187. The first kappa shape index (κ1) is 23.2. The highest BCUT2D eigenvalue weighted by Crippen LogP contribution is 2.19. The fourth-order valence-corrected chi connectivity index (χ4v) is 4.44. The van der Waals surface area contributed by atoms with Crippen LogP contribution in [0.4, 0.5) is 23.3 Å². The Morgan fingerprint density at radius 2 is 0.868 bits per heavy atom. The molecule has 0 spiro atoms. The molecule has 38 heavy (non-hydrogen) atoms. The van der Waals surface area contributed by atoms with Gasteiger partial charge in [-0.3, -0.25) is 18.7 Å². The van der Waals surface area contributed by atoms with E-state index >= 15 is 0 Å². The molecule has 8 nitrogen and oxygen atoms in total. The van der Waals surface area contributed by atoms with Crippen molar-refractivity contribution in [2.45, 2.75) is 13.1 Å². The molecule has 8 heteroatoms. The number of nitrogens with zero attached hydrogens (tertiary/aromatic N) is 4. The van der Waals surface area contributed by atoms with Crippen LogP contribution in [0.25, 0.3) is 21.8 Å². The second kappa shape index (κ2) is 10.0. The van der Waals surface area contributed by atoms with Crippen LogP contribution in [0.1, 0.15) is 0 Å². The van der Waals surface area contributed by atoms with Crippen LogP contribution in [-0.2, 0) is 13.1 Å². The summed E-state index contributed by atoms with van der Waals surface area (Å²) in [4.78, 5) is 36.7. The maximum absolute atomic E-state index is 13.6. The van der Waals surface area contributed by atoms with Crippen LogP contribution in [0.5, 0.6) is 0 Å². The highest BCUT2D eigenvalue weighted by molar-refractivity contribution is 5.80. The molecule has 0 saturated carbocycles. The summed E-state index contributed by atoms with van der Waals surface area (Å²) in [5.74, 6) is 0.804. The smallest absolute Gasteiger partial charge is 0.262 e. The van der Waals surface area contributed by atoms with Gasteiger partial charge in [0.25, 0.3) is 11.1 Å². The standard InChI is InChI=1S/C30H24N6O2/c37-27-23-15-7-9-17-25(23)33-29(31-21-11-3-1-4-12-21)35(27)19-20-36-28(38)24-16-8-10-18-26(24)34-30(36)32-22-13-5-2-6-14-22/h1-18H,19-20H2,(H,31,33)(H,32,34). The number of benzene rings is 4. The number of hydrogen-bond acceptors (Lipinski definition) is 6. The predicted octanol–water partition coefficient (Wildman–Crippen LogP) is 5.29. The zero-order chi connectivity index (χ0) is 25.9. The molecule has 0 aliphatic rings. The number of fused-ring (bicyclic) bond motifs is 2. The normalized spacial score (nSPS) is 11.1. The molecule has 6 aromatic rings. The van der Waals surface area contributed by atoms with E-state index in [0.29, 0.717) is 33.7 Å². The lowest BCUT2D eigenvalue weighted by Crippen LogP contribution is -2.30. The van der Waals surface area contributed by atoms with Gasteiger partial charge in [-0.25, -0.2) is 9.97 Å². The number of nitrogens with one attached hydrogen (secondary N) is 2. The Morgan fingerprint density at radius 3 is 1.29 bits per heavy atom. The van der Waals surface area contributed by atoms with Crippen LogP contribution in [-0.4, -0.2) is 19.1 Å². The summed E-state index contributed by atoms with van der Waals surface area (Å²) >= 11 is 0. The van der Waals surface area contributed by atoms with E-state index in [1.54, 1.807) is 21.3 Å². The summed E-state index contributed by atoms with van der Waals surface area (Å²) in [7, 11) is 0. The second-order valence-corrected chi connectivity index (χ2v) is 8.80. The zero-order valence-corrected chi connectivity index (χ0v) is 20.4. The van der Waals surface area contributed by atoms with Gasteiger partial charge in [0.1, 0.15) is 0 Å². The minimum Gasteiger partial charge on any atom is -0.326 e. The van der Waals surface area contributed by atoms with E-state index < -0.39 is 0 Å². The first-order valence-electron chi connectivity index (χ1n) is 12.3. The molecule has 0 fully saturated rings. The molecule has 0 bridgehead atoms. The molecule has 2 N–H and O–H groups in total. The van der Waals surface area contributed by atoms with E-state index in [9.17, 15) is 9.59 Å². The topological polar surface area (TPSA) is 93.8 Å². The number of hydrogen-bond donors (Lipinski definition) is 2. The van der Waals surface area contributed by atoms with Crippen LogP contribution >= 0.6 is 0 Å². The summed E-state index contributed by atoms with van der Waals surface area (Å²) in [6, 6.07) is 33.6. The van der Waals surface area contributed by atoms with Crippen LogP contribution in [0.15, 0.2) is 119 Å². The van der Waals surface area contributed by atoms with Gasteiger partial charge in [0, 0.05) is 24.5 Å². The molecule has 6 rings (SSSR count). The molecule has 2 aromatic heterocycles. The molecule has 2 heterocycles. The van der Waals surface area contributed by atoms with Crippen molar-refractivity contribution in [3.05, 3.63) is 130 Å². The van der Waals surface area contributed by atoms with Crippen molar-refractivity contribution in [2.24, 2.45) is 0 Å². The quantitative estimate of drug-likeness (QED) is 0.309. The lowest BCUT2D eigenvalue weighted by atomic mass is 10.2. The average molecular weight is 501 g/mol. The molecular weight excluding hydrogens is 476 g/mol. The number of anilines is 4. The molecule has 0 unspecified atom stereocenters. The largest absolute Gasteiger partial charge is 0.326 e. The maximum Gasteiger partial charge on any atom is 0.262 e. The van der Waals surface area contributed by atoms with Gasteiger partial charge in [0.15, 0.2) is 0 Å². The number of para-hydroxylation sites is 4. The summed E-state index contributed by atoms with van der Waals surface area (Å²) in [5.41, 5.74) is 2.44. The summed E-state index contributed by atoms with van der Waals surface area (Å²) < 4.78 is 3.15. The third-order valence-corrected chi connectivity index (χ3v) is 6.33. The van der Waals surface area contributed by atoms with Gasteiger partial charge in [-0.1, -0.05) is 60.7 Å². The van der Waals surface area contributed by atoms with Gasteiger partial charge in [0.2, 0.25) is 11.9 Å². The van der Waals surface area contributed by atoms with Gasteiger partial charge < -0.3 is 10.6 Å². The Kier molecular flexibility index (Phi) is 6.11. The van der Waals surface area contributed by atoms with Gasteiger partial charge in [-0.15, -0.1) is 0 Å². The first-order valence-corrected chi connectivity index (χ1v) is 12.3. The fraction of sp³-hybridized carbons (Fsp3) is 0.0667. The summed E-state index contributed by atoms with van der Waals surface area (Å²) in [6.45, 7) is 0.407. The average Bonchev–Trinajstić information content (AvgIpc) is 2.95. The lowest BCUT2D eigenvalue weighted by molar-refractivity contribution is 0.558. The molecule has 4 aromatic carbocycles.